The molecule has 0 bridgehead atoms. The van der Waals surface area contributed by atoms with Crippen LogP contribution in [0.4, 0.5) is 0 Å². The van der Waals surface area contributed by atoms with E-state index in [0.717, 1.165) is 15.8 Å². The van der Waals surface area contributed by atoms with Gasteiger partial charge in [0.1, 0.15) is 11.5 Å². The predicted octanol–water partition coefficient (Wildman–Crippen LogP) is 3.10. The van der Waals surface area contributed by atoms with Crippen LogP contribution in [-0.2, 0) is 6.54 Å². The lowest BCUT2D eigenvalue weighted by molar-refractivity contribution is 0.411. The standard InChI is InChI=1S/C13H13BrN2O2/c1-17-10-2-3-12(11(14)7-10)18-13-6-9(8-15)4-5-16-13/h2-7H,8,15H2,1H3. The third kappa shape index (κ3) is 3.00. The maximum atomic E-state index is 5.68. The van der Waals surface area contributed by atoms with Crippen LogP contribution in [0.2, 0.25) is 0 Å². The van der Waals surface area contributed by atoms with Gasteiger partial charge in [0.25, 0.3) is 0 Å². The van der Waals surface area contributed by atoms with Crippen LogP contribution in [0.5, 0.6) is 17.4 Å². The minimum Gasteiger partial charge on any atom is -0.497 e. The molecule has 5 heteroatoms. The van der Waals surface area contributed by atoms with Gasteiger partial charge < -0.3 is 15.2 Å². The first kappa shape index (κ1) is 12.9. The number of nitrogens with zero attached hydrogens (tertiary/aromatic N) is 1. The van der Waals surface area contributed by atoms with Crippen molar-refractivity contribution < 1.29 is 9.47 Å². The van der Waals surface area contributed by atoms with Crippen LogP contribution < -0.4 is 15.2 Å². The van der Waals surface area contributed by atoms with Gasteiger partial charge in [0, 0.05) is 18.8 Å². The molecule has 0 fully saturated rings. The number of hydrogen-bond donors (Lipinski definition) is 1. The van der Waals surface area contributed by atoms with Crippen molar-refractivity contribution in [1.82, 2.24) is 4.98 Å². The number of pyridine rings is 1. The molecule has 1 aromatic carbocycles. The second-order valence-corrected chi connectivity index (χ2v) is 4.46. The number of methoxy groups -OCH3 is 1. The maximum Gasteiger partial charge on any atom is 0.219 e. The van der Waals surface area contributed by atoms with E-state index >= 15 is 0 Å². The van der Waals surface area contributed by atoms with Gasteiger partial charge in [0.05, 0.1) is 11.6 Å². The Morgan fingerprint density at radius 3 is 2.78 bits per heavy atom. The minimum atomic E-state index is 0.461. The molecule has 2 aromatic rings. The van der Waals surface area contributed by atoms with E-state index in [9.17, 15) is 0 Å². The Morgan fingerprint density at radius 2 is 2.11 bits per heavy atom. The van der Waals surface area contributed by atoms with Crippen molar-refractivity contribution in [3.63, 3.8) is 0 Å². The first-order valence-electron chi connectivity index (χ1n) is 5.39. The Balaban J connectivity index is 2.22. The SMILES string of the molecule is COc1ccc(Oc2cc(CN)ccn2)c(Br)c1. The Kier molecular flexibility index (Phi) is 4.17. The fraction of sp³-hybridized carbons (Fsp3) is 0.154. The van der Waals surface area contributed by atoms with Crippen LogP contribution in [0.15, 0.2) is 41.0 Å². The van der Waals surface area contributed by atoms with Crippen LogP contribution in [0.25, 0.3) is 0 Å². The Morgan fingerprint density at radius 1 is 1.28 bits per heavy atom. The zero-order valence-corrected chi connectivity index (χ0v) is 11.5. The quantitative estimate of drug-likeness (QED) is 0.943. The Hall–Kier alpha value is -1.59. The fourth-order valence-electron chi connectivity index (χ4n) is 1.44. The van der Waals surface area contributed by atoms with Gasteiger partial charge in [-0.25, -0.2) is 4.98 Å². The van der Waals surface area contributed by atoms with E-state index < -0.39 is 0 Å². The van der Waals surface area contributed by atoms with Crippen LogP contribution in [0.3, 0.4) is 0 Å². The first-order chi connectivity index (χ1) is 8.72. The number of nitrogens with two attached hydrogens (primary N) is 1. The summed E-state index contributed by atoms with van der Waals surface area (Å²) in [6, 6.07) is 9.15. The van der Waals surface area contributed by atoms with Crippen LogP contribution in [-0.4, -0.2) is 12.1 Å². The minimum absolute atomic E-state index is 0.461. The molecule has 0 radical (unpaired) electrons. The number of benzene rings is 1. The number of hydrogen-bond acceptors (Lipinski definition) is 4. The summed E-state index contributed by atoms with van der Waals surface area (Å²) in [5.74, 6) is 1.96. The molecule has 0 saturated heterocycles. The van der Waals surface area contributed by atoms with E-state index in [1.807, 2.05) is 30.3 Å². The summed E-state index contributed by atoms with van der Waals surface area (Å²) >= 11 is 3.42. The molecule has 1 aromatic heterocycles. The van der Waals surface area contributed by atoms with Crippen molar-refractivity contribution in [1.29, 1.82) is 0 Å². The van der Waals surface area contributed by atoms with Crippen molar-refractivity contribution in [3.05, 3.63) is 46.6 Å². The monoisotopic (exact) mass is 308 g/mol. The van der Waals surface area contributed by atoms with Crippen LogP contribution >= 0.6 is 15.9 Å². The van der Waals surface area contributed by atoms with E-state index in [1.54, 1.807) is 13.3 Å². The van der Waals surface area contributed by atoms with Gasteiger partial charge in [-0.05, 0) is 45.8 Å². The predicted molar refractivity (Wildman–Crippen MR) is 72.9 cm³/mol. The summed E-state index contributed by atoms with van der Waals surface area (Å²) in [6.07, 6.45) is 1.68. The summed E-state index contributed by atoms with van der Waals surface area (Å²) < 4.78 is 11.6. The molecule has 2 rings (SSSR count). The molecular formula is C13H13BrN2O2. The zero-order valence-electron chi connectivity index (χ0n) is 9.89. The smallest absolute Gasteiger partial charge is 0.219 e. The molecule has 2 N–H and O–H groups in total. The molecule has 4 nitrogen and oxygen atoms in total. The molecule has 0 amide bonds. The van der Waals surface area contributed by atoms with E-state index in [0.29, 0.717) is 18.2 Å². The van der Waals surface area contributed by atoms with Gasteiger partial charge >= 0.3 is 0 Å². The molecule has 0 aliphatic carbocycles. The molecule has 0 atom stereocenters. The summed E-state index contributed by atoms with van der Waals surface area (Å²) in [5, 5.41) is 0. The number of rotatable bonds is 4. The van der Waals surface area contributed by atoms with E-state index in [1.165, 1.54) is 0 Å². The molecular weight excluding hydrogens is 296 g/mol. The summed E-state index contributed by atoms with van der Waals surface area (Å²) in [4.78, 5) is 4.14. The van der Waals surface area contributed by atoms with Gasteiger partial charge in [-0.1, -0.05) is 0 Å². The molecule has 0 unspecified atom stereocenters. The second-order valence-electron chi connectivity index (χ2n) is 3.60. The van der Waals surface area contributed by atoms with E-state index in [4.69, 9.17) is 15.2 Å². The van der Waals surface area contributed by atoms with Gasteiger partial charge in [-0.3, -0.25) is 0 Å². The maximum absolute atomic E-state index is 5.68. The number of ether oxygens (including phenoxy) is 2. The molecule has 18 heavy (non-hydrogen) atoms. The topological polar surface area (TPSA) is 57.4 Å². The summed E-state index contributed by atoms with van der Waals surface area (Å²) in [5.41, 5.74) is 6.55. The van der Waals surface area contributed by atoms with Gasteiger partial charge in [-0.15, -0.1) is 0 Å². The number of halogens is 1. The van der Waals surface area contributed by atoms with Crippen molar-refractivity contribution in [3.8, 4) is 17.4 Å². The van der Waals surface area contributed by atoms with Gasteiger partial charge in [0.2, 0.25) is 5.88 Å². The zero-order chi connectivity index (χ0) is 13.0. The molecule has 0 spiro atoms. The average molecular weight is 309 g/mol. The van der Waals surface area contributed by atoms with E-state index in [2.05, 4.69) is 20.9 Å². The van der Waals surface area contributed by atoms with Gasteiger partial charge in [0.15, 0.2) is 0 Å². The highest BCUT2D eigenvalue weighted by Crippen LogP contribution is 2.32. The van der Waals surface area contributed by atoms with Crippen molar-refractivity contribution in [2.45, 2.75) is 6.54 Å². The lowest BCUT2D eigenvalue weighted by Crippen LogP contribution is -1.97. The molecule has 0 saturated carbocycles. The fourth-order valence-corrected chi connectivity index (χ4v) is 1.88. The number of aromatic nitrogens is 1. The normalized spacial score (nSPS) is 10.2. The Bertz CT molecular complexity index is 546. The summed E-state index contributed by atoms with van der Waals surface area (Å²) in [6.45, 7) is 0.461. The van der Waals surface area contributed by atoms with Crippen LogP contribution in [0, 0.1) is 0 Å². The third-order valence-corrected chi connectivity index (χ3v) is 3.01. The van der Waals surface area contributed by atoms with E-state index in [-0.39, 0.29) is 0 Å². The highest BCUT2D eigenvalue weighted by atomic mass is 79.9. The Labute approximate surface area is 114 Å². The third-order valence-electron chi connectivity index (χ3n) is 2.39. The van der Waals surface area contributed by atoms with Crippen molar-refractivity contribution in [2.24, 2.45) is 5.73 Å². The molecule has 1 heterocycles. The van der Waals surface area contributed by atoms with Crippen molar-refractivity contribution in [2.75, 3.05) is 7.11 Å². The molecule has 94 valence electrons. The lowest BCUT2D eigenvalue weighted by atomic mass is 10.3. The lowest BCUT2D eigenvalue weighted by Gasteiger charge is -2.09. The van der Waals surface area contributed by atoms with Crippen LogP contribution in [0.1, 0.15) is 5.56 Å². The molecule has 0 aliphatic heterocycles. The molecule has 0 aliphatic rings. The highest BCUT2D eigenvalue weighted by Gasteiger charge is 2.05. The largest absolute Gasteiger partial charge is 0.497 e. The average Bonchev–Trinajstić information content (AvgIpc) is 2.41. The second kappa shape index (κ2) is 5.84. The van der Waals surface area contributed by atoms with Crippen molar-refractivity contribution >= 4 is 15.9 Å². The van der Waals surface area contributed by atoms with Gasteiger partial charge in [-0.2, -0.15) is 0 Å². The summed E-state index contributed by atoms with van der Waals surface area (Å²) in [7, 11) is 1.62. The highest BCUT2D eigenvalue weighted by molar-refractivity contribution is 9.10. The first-order valence-corrected chi connectivity index (χ1v) is 6.18.